The van der Waals surface area contributed by atoms with Gasteiger partial charge < -0.3 is 10.4 Å². The van der Waals surface area contributed by atoms with Crippen molar-refractivity contribution < 1.29 is 9.90 Å². The summed E-state index contributed by atoms with van der Waals surface area (Å²) >= 11 is 1.79. The number of hydrogen-bond acceptors (Lipinski definition) is 3. The SMILES string of the molecule is Cc1ccc(C2CC2C(=O)NCCC(O)C(C)C)s1. The molecule has 3 atom stereocenters. The molecule has 4 heteroatoms. The molecule has 1 aromatic rings. The number of thiophene rings is 1. The molecular weight excluding hydrogens is 258 g/mol. The molecule has 0 aromatic carbocycles. The van der Waals surface area contributed by atoms with Gasteiger partial charge in [0, 0.05) is 28.1 Å². The zero-order valence-corrected chi connectivity index (χ0v) is 12.7. The van der Waals surface area contributed by atoms with Crippen LogP contribution < -0.4 is 5.32 Å². The van der Waals surface area contributed by atoms with E-state index in [-0.39, 0.29) is 23.8 Å². The van der Waals surface area contributed by atoms with Crippen molar-refractivity contribution >= 4 is 17.2 Å². The molecule has 1 amide bonds. The molecule has 2 N–H and O–H groups in total. The number of carbonyl (C=O) groups is 1. The maximum absolute atomic E-state index is 12.0. The van der Waals surface area contributed by atoms with Crippen molar-refractivity contribution in [3.8, 4) is 0 Å². The first-order valence-corrected chi connectivity index (χ1v) is 7.82. The van der Waals surface area contributed by atoms with Crippen molar-refractivity contribution in [2.75, 3.05) is 6.54 Å². The standard InChI is InChI=1S/C15H23NO2S/c1-9(2)13(17)6-7-16-15(18)12-8-11(12)14-5-4-10(3)19-14/h4-5,9,11-13,17H,6-8H2,1-3H3,(H,16,18). The molecule has 1 aliphatic rings. The average Bonchev–Trinajstić information content (AvgIpc) is 3.05. The van der Waals surface area contributed by atoms with Gasteiger partial charge in [-0.3, -0.25) is 4.79 Å². The third-order valence-electron chi connectivity index (χ3n) is 3.76. The Balaban J connectivity index is 1.71. The Hall–Kier alpha value is -0.870. The summed E-state index contributed by atoms with van der Waals surface area (Å²) in [6.45, 7) is 6.65. The van der Waals surface area contributed by atoms with Gasteiger partial charge in [0.1, 0.15) is 0 Å². The van der Waals surface area contributed by atoms with Gasteiger partial charge in [0.2, 0.25) is 5.91 Å². The van der Waals surface area contributed by atoms with Crippen LogP contribution in [0.1, 0.15) is 42.4 Å². The largest absolute Gasteiger partial charge is 0.393 e. The molecule has 2 rings (SSSR count). The van der Waals surface area contributed by atoms with Crippen molar-refractivity contribution in [2.45, 2.75) is 45.6 Å². The lowest BCUT2D eigenvalue weighted by atomic mass is 10.0. The van der Waals surface area contributed by atoms with E-state index < -0.39 is 0 Å². The van der Waals surface area contributed by atoms with E-state index in [1.165, 1.54) is 9.75 Å². The minimum absolute atomic E-state index is 0.145. The summed E-state index contributed by atoms with van der Waals surface area (Å²) in [4.78, 5) is 14.6. The molecule has 3 nitrogen and oxygen atoms in total. The van der Waals surface area contributed by atoms with Gasteiger partial charge in [0.15, 0.2) is 0 Å². The molecule has 1 heterocycles. The highest BCUT2D eigenvalue weighted by Crippen LogP contribution is 2.49. The molecule has 0 saturated heterocycles. The summed E-state index contributed by atoms with van der Waals surface area (Å²) in [5.41, 5.74) is 0. The Morgan fingerprint density at radius 2 is 2.26 bits per heavy atom. The number of hydrogen-bond donors (Lipinski definition) is 2. The van der Waals surface area contributed by atoms with Crippen LogP contribution in [-0.2, 0) is 4.79 Å². The maximum atomic E-state index is 12.0. The van der Waals surface area contributed by atoms with Crippen LogP contribution in [-0.4, -0.2) is 23.7 Å². The smallest absolute Gasteiger partial charge is 0.223 e. The summed E-state index contributed by atoms with van der Waals surface area (Å²) in [6, 6.07) is 4.26. The van der Waals surface area contributed by atoms with Crippen molar-refractivity contribution in [3.05, 3.63) is 21.9 Å². The fourth-order valence-corrected chi connectivity index (χ4v) is 3.32. The van der Waals surface area contributed by atoms with E-state index in [4.69, 9.17) is 0 Å². The quantitative estimate of drug-likeness (QED) is 0.842. The van der Waals surface area contributed by atoms with E-state index in [9.17, 15) is 9.90 Å². The number of carbonyl (C=O) groups excluding carboxylic acids is 1. The first kappa shape index (κ1) is 14.5. The van der Waals surface area contributed by atoms with Gasteiger partial charge in [-0.25, -0.2) is 0 Å². The van der Waals surface area contributed by atoms with Crippen molar-refractivity contribution in [2.24, 2.45) is 11.8 Å². The van der Waals surface area contributed by atoms with Crippen LogP contribution in [0, 0.1) is 18.8 Å². The van der Waals surface area contributed by atoms with Crippen molar-refractivity contribution in [1.82, 2.24) is 5.32 Å². The Morgan fingerprint density at radius 3 is 2.84 bits per heavy atom. The topological polar surface area (TPSA) is 49.3 Å². The zero-order valence-electron chi connectivity index (χ0n) is 11.8. The first-order chi connectivity index (χ1) is 8.99. The van der Waals surface area contributed by atoms with Gasteiger partial charge in [-0.1, -0.05) is 13.8 Å². The highest BCUT2D eigenvalue weighted by Gasteiger charge is 2.44. The summed E-state index contributed by atoms with van der Waals surface area (Å²) in [6.07, 6.45) is 1.28. The van der Waals surface area contributed by atoms with E-state index in [1.807, 2.05) is 13.8 Å². The van der Waals surface area contributed by atoms with E-state index >= 15 is 0 Å². The van der Waals surface area contributed by atoms with Gasteiger partial charge in [-0.2, -0.15) is 0 Å². The van der Waals surface area contributed by atoms with Crippen molar-refractivity contribution in [3.63, 3.8) is 0 Å². The lowest BCUT2D eigenvalue weighted by Gasteiger charge is -2.14. The van der Waals surface area contributed by atoms with E-state index in [1.54, 1.807) is 11.3 Å². The first-order valence-electron chi connectivity index (χ1n) is 7.01. The molecule has 0 aliphatic heterocycles. The maximum Gasteiger partial charge on any atom is 0.223 e. The number of nitrogens with one attached hydrogen (secondary N) is 1. The lowest BCUT2D eigenvalue weighted by molar-refractivity contribution is -0.122. The summed E-state index contributed by atoms with van der Waals surface area (Å²) in [7, 11) is 0. The second kappa shape index (κ2) is 6.06. The zero-order chi connectivity index (χ0) is 14.0. The Labute approximate surface area is 119 Å². The minimum Gasteiger partial charge on any atom is -0.393 e. The molecule has 1 aromatic heterocycles. The molecular formula is C15H23NO2S. The van der Waals surface area contributed by atoms with Gasteiger partial charge in [-0.15, -0.1) is 11.3 Å². The molecule has 3 unspecified atom stereocenters. The number of aryl methyl sites for hydroxylation is 1. The van der Waals surface area contributed by atoms with Gasteiger partial charge in [0.05, 0.1) is 6.10 Å². The molecule has 106 valence electrons. The fraction of sp³-hybridized carbons (Fsp3) is 0.667. The predicted molar refractivity (Wildman–Crippen MR) is 78.4 cm³/mol. The van der Waals surface area contributed by atoms with Crippen LogP contribution in [0.25, 0.3) is 0 Å². The Kier molecular flexibility index (Phi) is 4.63. The van der Waals surface area contributed by atoms with E-state index in [2.05, 4.69) is 24.4 Å². The molecule has 0 spiro atoms. The highest BCUT2D eigenvalue weighted by molar-refractivity contribution is 7.12. The second-order valence-corrected chi connectivity index (χ2v) is 7.11. The minimum atomic E-state index is -0.324. The summed E-state index contributed by atoms with van der Waals surface area (Å²) in [5, 5.41) is 12.6. The molecule has 0 bridgehead atoms. The third-order valence-corrected chi connectivity index (χ3v) is 4.90. The number of rotatable bonds is 6. The summed E-state index contributed by atoms with van der Waals surface area (Å²) in [5.74, 6) is 0.967. The van der Waals surface area contributed by atoms with E-state index in [0.29, 0.717) is 18.9 Å². The normalized spacial score (nSPS) is 23.4. The molecule has 19 heavy (non-hydrogen) atoms. The van der Waals surface area contributed by atoms with Crippen LogP contribution in [0.2, 0.25) is 0 Å². The second-order valence-electron chi connectivity index (χ2n) is 5.79. The molecule has 1 saturated carbocycles. The van der Waals surface area contributed by atoms with Gasteiger partial charge in [0.25, 0.3) is 0 Å². The monoisotopic (exact) mass is 281 g/mol. The Morgan fingerprint density at radius 1 is 1.53 bits per heavy atom. The van der Waals surface area contributed by atoms with E-state index in [0.717, 1.165) is 6.42 Å². The third kappa shape index (κ3) is 3.80. The molecule has 1 fully saturated rings. The lowest BCUT2D eigenvalue weighted by Crippen LogP contribution is -2.30. The molecule has 0 radical (unpaired) electrons. The van der Waals surface area contributed by atoms with Crippen LogP contribution in [0.5, 0.6) is 0 Å². The molecule has 1 aliphatic carbocycles. The summed E-state index contributed by atoms with van der Waals surface area (Å²) < 4.78 is 0. The van der Waals surface area contributed by atoms with Crippen molar-refractivity contribution in [1.29, 1.82) is 0 Å². The average molecular weight is 281 g/mol. The fourth-order valence-electron chi connectivity index (χ4n) is 2.26. The number of aliphatic hydroxyl groups excluding tert-OH is 1. The number of amides is 1. The van der Waals surface area contributed by atoms with Gasteiger partial charge >= 0.3 is 0 Å². The van der Waals surface area contributed by atoms with Crippen LogP contribution >= 0.6 is 11.3 Å². The number of aliphatic hydroxyl groups is 1. The predicted octanol–water partition coefficient (Wildman–Crippen LogP) is 2.68. The van der Waals surface area contributed by atoms with Crippen LogP contribution in [0.3, 0.4) is 0 Å². The Bertz CT molecular complexity index is 441. The van der Waals surface area contributed by atoms with Crippen LogP contribution in [0.15, 0.2) is 12.1 Å². The van der Waals surface area contributed by atoms with Gasteiger partial charge in [-0.05, 0) is 37.8 Å². The highest BCUT2D eigenvalue weighted by atomic mass is 32.1. The van der Waals surface area contributed by atoms with Crippen LogP contribution in [0.4, 0.5) is 0 Å².